The van der Waals surface area contributed by atoms with Crippen LogP contribution in [0.3, 0.4) is 0 Å². The van der Waals surface area contributed by atoms with Crippen LogP contribution in [0.4, 0.5) is 0 Å². The molecule has 2 atom stereocenters. The van der Waals surface area contributed by atoms with E-state index in [0.29, 0.717) is 6.42 Å². The quantitative estimate of drug-likeness (QED) is 0.579. The molecule has 6 heteroatoms. The Hall–Kier alpha value is -1.72. The monoisotopic (exact) mass is 266 g/mol. The average molecular weight is 266 g/mol. The van der Waals surface area contributed by atoms with Gasteiger partial charge in [-0.05, 0) is 6.42 Å². The van der Waals surface area contributed by atoms with Crippen LogP contribution in [-0.4, -0.2) is 35.1 Å². The molecule has 0 radical (unpaired) electrons. The average Bonchev–Trinajstić information content (AvgIpc) is 2.25. The first-order valence-electron chi connectivity index (χ1n) is 6.52. The van der Waals surface area contributed by atoms with Gasteiger partial charge in [0, 0.05) is 12.0 Å². The SMILES string of the molecule is CCCCN1C(=O)C2C(=O)NC(=O)C(C1=O)C2(C)C. The van der Waals surface area contributed by atoms with Crippen LogP contribution in [0.5, 0.6) is 0 Å². The molecule has 104 valence electrons. The molecule has 6 nitrogen and oxygen atoms in total. The number of carbonyl (C=O) groups excluding carboxylic acids is 4. The molecule has 0 aromatic heterocycles. The van der Waals surface area contributed by atoms with Gasteiger partial charge in [0.15, 0.2) is 0 Å². The van der Waals surface area contributed by atoms with E-state index < -0.39 is 40.9 Å². The van der Waals surface area contributed by atoms with Gasteiger partial charge >= 0.3 is 0 Å². The lowest BCUT2D eigenvalue weighted by Gasteiger charge is -2.48. The number of nitrogens with one attached hydrogen (secondary N) is 1. The third kappa shape index (κ3) is 1.86. The Morgan fingerprint density at radius 1 is 1.05 bits per heavy atom. The highest BCUT2D eigenvalue weighted by atomic mass is 16.2. The van der Waals surface area contributed by atoms with E-state index in [9.17, 15) is 19.2 Å². The highest BCUT2D eigenvalue weighted by Gasteiger charge is 2.61. The van der Waals surface area contributed by atoms with Gasteiger partial charge in [-0.3, -0.25) is 29.4 Å². The number of likely N-dealkylation sites (tertiary alicyclic amines) is 1. The minimum Gasteiger partial charge on any atom is -0.295 e. The van der Waals surface area contributed by atoms with Gasteiger partial charge in [-0.1, -0.05) is 27.2 Å². The molecule has 0 aromatic rings. The molecule has 2 aliphatic heterocycles. The van der Waals surface area contributed by atoms with E-state index in [1.54, 1.807) is 13.8 Å². The number of piperidine rings is 2. The van der Waals surface area contributed by atoms with Gasteiger partial charge in [0.05, 0.1) is 0 Å². The van der Waals surface area contributed by atoms with E-state index in [0.717, 1.165) is 11.3 Å². The van der Waals surface area contributed by atoms with Gasteiger partial charge in [0.1, 0.15) is 11.8 Å². The molecule has 2 rings (SSSR count). The number of nitrogens with zero attached hydrogens (tertiary/aromatic N) is 1. The van der Waals surface area contributed by atoms with Crippen molar-refractivity contribution in [1.82, 2.24) is 10.2 Å². The number of imide groups is 2. The molecule has 0 aliphatic carbocycles. The van der Waals surface area contributed by atoms with E-state index >= 15 is 0 Å². The van der Waals surface area contributed by atoms with E-state index in [1.165, 1.54) is 0 Å². The largest absolute Gasteiger partial charge is 0.295 e. The second-order valence-electron chi connectivity index (χ2n) is 5.72. The summed E-state index contributed by atoms with van der Waals surface area (Å²) in [6.45, 7) is 5.48. The lowest BCUT2D eigenvalue weighted by atomic mass is 9.62. The Balaban J connectivity index is 2.42. The van der Waals surface area contributed by atoms with Crippen LogP contribution in [0.25, 0.3) is 0 Å². The van der Waals surface area contributed by atoms with Crippen molar-refractivity contribution in [1.29, 1.82) is 0 Å². The number of unbranched alkanes of at least 4 members (excludes halogenated alkanes) is 1. The van der Waals surface area contributed by atoms with Crippen LogP contribution in [0.15, 0.2) is 0 Å². The van der Waals surface area contributed by atoms with Crippen LogP contribution in [0.2, 0.25) is 0 Å². The number of hydrogen-bond acceptors (Lipinski definition) is 4. The predicted octanol–water partition coefficient (Wildman–Crippen LogP) is 0.0703. The zero-order chi connectivity index (χ0) is 14.4. The van der Waals surface area contributed by atoms with Crippen LogP contribution in [0.1, 0.15) is 33.6 Å². The molecule has 0 spiro atoms. The first kappa shape index (κ1) is 13.7. The van der Waals surface area contributed by atoms with Crippen LogP contribution in [-0.2, 0) is 19.2 Å². The summed E-state index contributed by atoms with van der Waals surface area (Å²) in [5.41, 5.74) is -0.948. The molecule has 2 unspecified atom stereocenters. The summed E-state index contributed by atoms with van der Waals surface area (Å²) in [5, 5.41) is 2.13. The predicted molar refractivity (Wildman–Crippen MR) is 65.5 cm³/mol. The Morgan fingerprint density at radius 2 is 1.53 bits per heavy atom. The summed E-state index contributed by atoms with van der Waals surface area (Å²) >= 11 is 0. The summed E-state index contributed by atoms with van der Waals surface area (Å²) < 4.78 is 0. The maximum atomic E-state index is 12.3. The summed E-state index contributed by atoms with van der Waals surface area (Å²) in [4.78, 5) is 49.5. The van der Waals surface area contributed by atoms with Crippen molar-refractivity contribution in [2.75, 3.05) is 6.54 Å². The number of rotatable bonds is 3. The van der Waals surface area contributed by atoms with Crippen LogP contribution < -0.4 is 5.32 Å². The minimum absolute atomic E-state index is 0.276. The summed E-state index contributed by atoms with van der Waals surface area (Å²) in [7, 11) is 0. The van der Waals surface area contributed by atoms with Crippen LogP contribution in [0, 0.1) is 17.3 Å². The minimum atomic E-state index is -0.954. The van der Waals surface area contributed by atoms with E-state index in [2.05, 4.69) is 5.32 Å². The van der Waals surface area contributed by atoms with E-state index in [4.69, 9.17) is 0 Å². The molecule has 2 saturated heterocycles. The first-order chi connectivity index (χ1) is 8.82. The van der Waals surface area contributed by atoms with Gasteiger partial charge in [0.2, 0.25) is 23.6 Å². The zero-order valence-corrected chi connectivity index (χ0v) is 11.4. The van der Waals surface area contributed by atoms with E-state index in [1.807, 2.05) is 6.92 Å². The zero-order valence-electron chi connectivity index (χ0n) is 11.4. The Bertz CT molecular complexity index is 433. The Kier molecular flexibility index (Phi) is 3.20. The third-order valence-corrected chi connectivity index (χ3v) is 4.02. The lowest BCUT2D eigenvalue weighted by molar-refractivity contribution is -0.175. The van der Waals surface area contributed by atoms with Crippen molar-refractivity contribution < 1.29 is 19.2 Å². The van der Waals surface area contributed by atoms with Gasteiger partial charge in [0.25, 0.3) is 0 Å². The normalized spacial score (nSPS) is 29.5. The second-order valence-corrected chi connectivity index (χ2v) is 5.72. The number of fused-ring (bicyclic) bond motifs is 2. The second kappa shape index (κ2) is 4.43. The Labute approximate surface area is 111 Å². The van der Waals surface area contributed by atoms with Gasteiger partial charge in [-0.25, -0.2) is 0 Å². The highest BCUT2D eigenvalue weighted by Crippen LogP contribution is 2.44. The number of carbonyl (C=O) groups is 4. The van der Waals surface area contributed by atoms with Crippen molar-refractivity contribution in [2.45, 2.75) is 33.6 Å². The molecule has 4 amide bonds. The molecule has 1 N–H and O–H groups in total. The summed E-state index contributed by atoms with van der Waals surface area (Å²) in [6.07, 6.45) is 1.50. The van der Waals surface area contributed by atoms with Crippen molar-refractivity contribution in [2.24, 2.45) is 17.3 Å². The molecule has 0 aromatic carbocycles. The molecular weight excluding hydrogens is 248 g/mol. The van der Waals surface area contributed by atoms with Crippen molar-refractivity contribution in [3.63, 3.8) is 0 Å². The highest BCUT2D eigenvalue weighted by molar-refractivity contribution is 6.22. The fourth-order valence-electron chi connectivity index (χ4n) is 2.93. The fraction of sp³-hybridized carbons (Fsp3) is 0.692. The molecule has 2 aliphatic rings. The summed E-state index contributed by atoms with van der Waals surface area (Å²) in [6, 6.07) is 0. The maximum absolute atomic E-state index is 12.3. The van der Waals surface area contributed by atoms with Gasteiger partial charge in [-0.2, -0.15) is 0 Å². The number of amides is 4. The first-order valence-corrected chi connectivity index (χ1v) is 6.52. The number of hydrogen-bond donors (Lipinski definition) is 1. The topological polar surface area (TPSA) is 83.6 Å². The Morgan fingerprint density at radius 3 is 1.95 bits per heavy atom. The van der Waals surface area contributed by atoms with Crippen molar-refractivity contribution >= 4 is 23.6 Å². The van der Waals surface area contributed by atoms with Crippen molar-refractivity contribution in [3.05, 3.63) is 0 Å². The molecule has 0 saturated carbocycles. The third-order valence-electron chi connectivity index (χ3n) is 4.02. The standard InChI is InChI=1S/C13H18N2O4/c1-4-5-6-15-11(18)7-9(16)14-10(17)8(12(15)19)13(7,2)3/h7-8H,4-6H2,1-3H3,(H,14,16,17). The lowest BCUT2D eigenvalue weighted by Crippen LogP contribution is -2.69. The smallest absolute Gasteiger partial charge is 0.242 e. The van der Waals surface area contributed by atoms with Gasteiger partial charge in [-0.15, -0.1) is 0 Å². The molecule has 19 heavy (non-hydrogen) atoms. The summed E-state index contributed by atoms with van der Waals surface area (Å²) in [5.74, 6) is -4.06. The van der Waals surface area contributed by atoms with Gasteiger partial charge < -0.3 is 0 Å². The molecule has 2 fully saturated rings. The molecule has 2 heterocycles. The molecular formula is C13H18N2O4. The van der Waals surface area contributed by atoms with Crippen LogP contribution >= 0.6 is 0 Å². The molecule has 2 bridgehead atoms. The fourth-order valence-corrected chi connectivity index (χ4v) is 2.93. The van der Waals surface area contributed by atoms with E-state index in [-0.39, 0.29) is 6.54 Å². The maximum Gasteiger partial charge on any atom is 0.242 e. The van der Waals surface area contributed by atoms with Crippen molar-refractivity contribution in [3.8, 4) is 0 Å².